The van der Waals surface area contributed by atoms with Gasteiger partial charge in [0.05, 0.1) is 0 Å². The summed E-state index contributed by atoms with van der Waals surface area (Å²) in [5.74, 6) is 0.858. The molecular formula is C18H36N4. The lowest BCUT2D eigenvalue weighted by Crippen LogP contribution is -2.65. The lowest BCUT2D eigenvalue weighted by Gasteiger charge is -2.51. The maximum atomic E-state index is 2.80. The topological polar surface area (TPSA) is 13.0 Å². The summed E-state index contributed by atoms with van der Waals surface area (Å²) in [6, 6.07) is 1.63. The van der Waals surface area contributed by atoms with E-state index >= 15 is 0 Å². The average molecular weight is 309 g/mol. The Hall–Kier alpha value is -0.160. The summed E-state index contributed by atoms with van der Waals surface area (Å²) in [5.41, 5.74) is 0.342. The molecule has 0 aliphatic carbocycles. The third-order valence-electron chi connectivity index (χ3n) is 6.13. The lowest BCUT2D eigenvalue weighted by molar-refractivity contribution is -0.0245. The first kappa shape index (κ1) is 16.7. The van der Waals surface area contributed by atoms with E-state index in [0.717, 1.165) is 18.0 Å². The SMILES string of the molecule is CCC1CN(C2CN(C)C2)CCN(C2CN(C(C)(C)C)C2)C1. The molecule has 3 fully saturated rings. The molecule has 0 saturated carbocycles. The van der Waals surface area contributed by atoms with Crippen molar-refractivity contribution in [1.82, 2.24) is 19.6 Å². The van der Waals surface area contributed by atoms with Gasteiger partial charge < -0.3 is 4.90 Å². The summed E-state index contributed by atoms with van der Waals surface area (Å²) in [4.78, 5) is 10.7. The Morgan fingerprint density at radius 1 is 0.818 bits per heavy atom. The Bertz CT molecular complexity index is 366. The Morgan fingerprint density at radius 3 is 1.73 bits per heavy atom. The van der Waals surface area contributed by atoms with Gasteiger partial charge in [-0.3, -0.25) is 14.7 Å². The van der Waals surface area contributed by atoms with Gasteiger partial charge in [-0.05, 0) is 33.7 Å². The van der Waals surface area contributed by atoms with Gasteiger partial charge in [0.2, 0.25) is 0 Å². The van der Waals surface area contributed by atoms with E-state index in [1.54, 1.807) is 0 Å². The molecule has 0 amide bonds. The maximum Gasteiger partial charge on any atom is 0.0351 e. The van der Waals surface area contributed by atoms with Crippen LogP contribution in [0.15, 0.2) is 0 Å². The van der Waals surface area contributed by atoms with Crippen LogP contribution < -0.4 is 0 Å². The summed E-state index contributed by atoms with van der Waals surface area (Å²) < 4.78 is 0. The Labute approximate surface area is 137 Å². The molecule has 4 nitrogen and oxygen atoms in total. The number of likely N-dealkylation sites (tertiary alicyclic amines) is 2. The second kappa shape index (κ2) is 6.39. The van der Waals surface area contributed by atoms with Crippen molar-refractivity contribution >= 4 is 0 Å². The molecule has 3 saturated heterocycles. The smallest absolute Gasteiger partial charge is 0.0351 e. The predicted octanol–water partition coefficient (Wildman–Crippen LogP) is 1.43. The van der Waals surface area contributed by atoms with Gasteiger partial charge in [0, 0.05) is 70.0 Å². The van der Waals surface area contributed by atoms with Crippen LogP contribution in [-0.2, 0) is 0 Å². The van der Waals surface area contributed by atoms with E-state index in [4.69, 9.17) is 0 Å². The number of hydrogen-bond acceptors (Lipinski definition) is 4. The van der Waals surface area contributed by atoms with E-state index in [-0.39, 0.29) is 0 Å². The zero-order valence-corrected chi connectivity index (χ0v) is 15.4. The molecule has 1 unspecified atom stereocenters. The molecule has 0 radical (unpaired) electrons. The van der Waals surface area contributed by atoms with E-state index in [0.29, 0.717) is 5.54 Å². The van der Waals surface area contributed by atoms with Gasteiger partial charge in [-0.2, -0.15) is 0 Å². The van der Waals surface area contributed by atoms with Gasteiger partial charge in [0.25, 0.3) is 0 Å². The number of likely N-dealkylation sites (N-methyl/N-ethyl adjacent to an activating group) is 1. The molecule has 0 aromatic heterocycles. The molecule has 0 spiro atoms. The molecule has 4 heteroatoms. The van der Waals surface area contributed by atoms with Gasteiger partial charge in [0.15, 0.2) is 0 Å². The fraction of sp³-hybridized carbons (Fsp3) is 1.00. The molecule has 3 aliphatic heterocycles. The van der Waals surface area contributed by atoms with E-state index < -0.39 is 0 Å². The van der Waals surface area contributed by atoms with E-state index in [2.05, 4.69) is 54.3 Å². The van der Waals surface area contributed by atoms with E-state index in [1.165, 1.54) is 58.8 Å². The molecule has 0 aromatic carbocycles. The summed E-state index contributed by atoms with van der Waals surface area (Å²) in [6.45, 7) is 19.7. The first-order valence-electron chi connectivity index (χ1n) is 9.28. The third kappa shape index (κ3) is 3.50. The van der Waals surface area contributed by atoms with Crippen LogP contribution in [0.4, 0.5) is 0 Å². The minimum absolute atomic E-state index is 0.342. The summed E-state index contributed by atoms with van der Waals surface area (Å²) in [7, 11) is 2.24. The van der Waals surface area contributed by atoms with Crippen molar-refractivity contribution in [3.63, 3.8) is 0 Å². The largest absolute Gasteiger partial charge is 0.303 e. The quantitative estimate of drug-likeness (QED) is 0.782. The Balaban J connectivity index is 1.54. The van der Waals surface area contributed by atoms with Crippen LogP contribution in [0.2, 0.25) is 0 Å². The number of nitrogens with zero attached hydrogens (tertiary/aromatic N) is 4. The van der Waals surface area contributed by atoms with Crippen molar-refractivity contribution in [3.05, 3.63) is 0 Å². The number of hydrogen-bond donors (Lipinski definition) is 0. The molecule has 0 aromatic rings. The zero-order valence-electron chi connectivity index (χ0n) is 15.4. The van der Waals surface area contributed by atoms with Crippen LogP contribution >= 0.6 is 0 Å². The van der Waals surface area contributed by atoms with Crippen LogP contribution in [0.5, 0.6) is 0 Å². The third-order valence-corrected chi connectivity index (χ3v) is 6.13. The van der Waals surface area contributed by atoms with Gasteiger partial charge in [-0.15, -0.1) is 0 Å². The second-order valence-electron chi connectivity index (χ2n) is 8.87. The molecule has 3 aliphatic rings. The van der Waals surface area contributed by atoms with Gasteiger partial charge in [-0.25, -0.2) is 0 Å². The number of rotatable bonds is 3. The lowest BCUT2D eigenvalue weighted by atomic mass is 9.95. The van der Waals surface area contributed by atoms with Crippen molar-refractivity contribution in [1.29, 1.82) is 0 Å². The zero-order chi connectivity index (χ0) is 15.9. The molecule has 3 heterocycles. The molecule has 3 rings (SSSR count). The first-order valence-corrected chi connectivity index (χ1v) is 9.28. The van der Waals surface area contributed by atoms with Crippen LogP contribution in [0.25, 0.3) is 0 Å². The van der Waals surface area contributed by atoms with E-state index in [9.17, 15) is 0 Å². The van der Waals surface area contributed by atoms with Gasteiger partial charge in [-0.1, -0.05) is 13.3 Å². The standard InChI is InChI=1S/C18H36N4/c1-6-15-9-20(16-11-19(5)12-16)7-8-21(10-15)17-13-22(14-17)18(2,3)4/h15-17H,6-14H2,1-5H3. The Kier molecular flexibility index (Phi) is 4.84. The van der Waals surface area contributed by atoms with Crippen molar-refractivity contribution in [3.8, 4) is 0 Å². The molecule has 0 N–H and O–H groups in total. The summed E-state index contributed by atoms with van der Waals surface area (Å²) >= 11 is 0. The van der Waals surface area contributed by atoms with Crippen LogP contribution in [0.1, 0.15) is 34.1 Å². The highest BCUT2D eigenvalue weighted by Gasteiger charge is 2.40. The van der Waals surface area contributed by atoms with Crippen LogP contribution in [0.3, 0.4) is 0 Å². The summed E-state index contributed by atoms with van der Waals surface area (Å²) in [6.07, 6.45) is 1.32. The minimum Gasteiger partial charge on any atom is -0.303 e. The molecule has 1 atom stereocenters. The normalized spacial score (nSPS) is 31.8. The van der Waals surface area contributed by atoms with Crippen LogP contribution in [-0.4, -0.2) is 96.6 Å². The maximum absolute atomic E-state index is 2.80. The Morgan fingerprint density at radius 2 is 1.32 bits per heavy atom. The fourth-order valence-corrected chi connectivity index (χ4v) is 4.21. The van der Waals surface area contributed by atoms with Gasteiger partial charge in [0.1, 0.15) is 0 Å². The van der Waals surface area contributed by atoms with Crippen molar-refractivity contribution in [2.24, 2.45) is 5.92 Å². The highest BCUT2D eigenvalue weighted by molar-refractivity contribution is 4.97. The monoisotopic (exact) mass is 308 g/mol. The minimum atomic E-state index is 0.342. The van der Waals surface area contributed by atoms with Crippen molar-refractivity contribution < 1.29 is 0 Å². The van der Waals surface area contributed by atoms with Gasteiger partial charge >= 0.3 is 0 Å². The highest BCUT2D eigenvalue weighted by Crippen LogP contribution is 2.27. The highest BCUT2D eigenvalue weighted by atomic mass is 15.4. The van der Waals surface area contributed by atoms with Crippen molar-refractivity contribution in [2.45, 2.75) is 51.7 Å². The first-order chi connectivity index (χ1) is 10.4. The van der Waals surface area contributed by atoms with E-state index in [1.807, 2.05) is 0 Å². The second-order valence-corrected chi connectivity index (χ2v) is 8.87. The average Bonchev–Trinajstić information content (AvgIpc) is 2.54. The molecule has 0 bridgehead atoms. The summed E-state index contributed by atoms with van der Waals surface area (Å²) in [5, 5.41) is 0. The molecular weight excluding hydrogens is 272 g/mol. The predicted molar refractivity (Wildman–Crippen MR) is 93.3 cm³/mol. The molecule has 22 heavy (non-hydrogen) atoms. The molecule has 128 valence electrons. The van der Waals surface area contributed by atoms with Crippen LogP contribution in [0, 0.1) is 5.92 Å². The van der Waals surface area contributed by atoms with Crippen molar-refractivity contribution in [2.75, 3.05) is 59.4 Å². The fourth-order valence-electron chi connectivity index (χ4n) is 4.21.